The molecule has 0 radical (unpaired) electrons. The van der Waals surface area contributed by atoms with Gasteiger partial charge in [0, 0.05) is 34.1 Å². The molecule has 2 N–H and O–H groups in total. The molecule has 0 aliphatic heterocycles. The summed E-state index contributed by atoms with van der Waals surface area (Å²) in [7, 11) is 0. The summed E-state index contributed by atoms with van der Waals surface area (Å²) in [5.74, 6) is 0.105. The van der Waals surface area contributed by atoms with Crippen LogP contribution in [0.15, 0.2) is 75.9 Å². The van der Waals surface area contributed by atoms with Gasteiger partial charge >= 0.3 is 5.97 Å². The number of aromatic nitrogens is 1. The summed E-state index contributed by atoms with van der Waals surface area (Å²) in [4.78, 5) is 29.5. The predicted octanol–water partition coefficient (Wildman–Crippen LogP) is 7.69. The van der Waals surface area contributed by atoms with Gasteiger partial charge in [0.2, 0.25) is 0 Å². The highest BCUT2D eigenvalue weighted by molar-refractivity contribution is 5.96. The summed E-state index contributed by atoms with van der Waals surface area (Å²) in [5, 5.41) is 5.08. The van der Waals surface area contributed by atoms with Crippen LogP contribution in [-0.2, 0) is 4.74 Å². The van der Waals surface area contributed by atoms with Crippen LogP contribution in [0.1, 0.15) is 60.9 Å². The molecule has 1 unspecified atom stereocenters. The first-order valence-electron chi connectivity index (χ1n) is 12.8. The van der Waals surface area contributed by atoms with Gasteiger partial charge in [-0.25, -0.2) is 4.79 Å². The van der Waals surface area contributed by atoms with Crippen LogP contribution in [0.2, 0.25) is 0 Å². The van der Waals surface area contributed by atoms with E-state index < -0.39 is 11.6 Å². The Balaban J connectivity index is 1.57. The molecule has 1 atom stereocenters. The number of anilines is 1. The Morgan fingerprint density at radius 1 is 1.00 bits per heavy atom. The highest BCUT2D eigenvalue weighted by Gasteiger charge is 2.22. The first-order chi connectivity index (χ1) is 18.0. The average Bonchev–Trinajstić information content (AvgIpc) is 3.22. The van der Waals surface area contributed by atoms with Crippen LogP contribution in [0.5, 0.6) is 0 Å². The Bertz CT molecular complexity index is 1740. The summed E-state index contributed by atoms with van der Waals surface area (Å²) in [6, 6.07) is 20.5. The van der Waals surface area contributed by atoms with Gasteiger partial charge in [0.1, 0.15) is 16.9 Å². The molecule has 0 fully saturated rings. The van der Waals surface area contributed by atoms with E-state index in [9.17, 15) is 9.59 Å². The molecule has 5 rings (SSSR count). The average molecular weight is 509 g/mol. The summed E-state index contributed by atoms with van der Waals surface area (Å²) in [5.41, 5.74) is 5.57. The lowest BCUT2D eigenvalue weighted by molar-refractivity contribution is 0.00706. The first kappa shape index (κ1) is 25.3. The van der Waals surface area contributed by atoms with Crippen LogP contribution < -0.4 is 10.7 Å². The topological polar surface area (TPSA) is 84.3 Å². The molecule has 6 heteroatoms. The third kappa shape index (κ3) is 5.07. The van der Waals surface area contributed by atoms with E-state index in [1.165, 1.54) is 0 Å². The SMILES string of the molecule is Cc1cc(C(C)Nc2ccccc2C(=O)OC(C)(C)C)c2oc(-c3ccc4cc(C)[nH]c4c3)cc(=O)c2c1. The molecule has 6 nitrogen and oxygen atoms in total. The monoisotopic (exact) mass is 508 g/mol. The lowest BCUT2D eigenvalue weighted by Gasteiger charge is -2.22. The minimum absolute atomic E-state index is 0.102. The van der Waals surface area contributed by atoms with Crippen molar-refractivity contribution in [3.05, 3.63) is 99.3 Å². The van der Waals surface area contributed by atoms with Crippen molar-refractivity contribution in [1.82, 2.24) is 4.98 Å². The van der Waals surface area contributed by atoms with Crippen molar-refractivity contribution < 1.29 is 13.9 Å². The quantitative estimate of drug-likeness (QED) is 0.238. The number of carbonyl (C=O) groups is 1. The molecule has 194 valence electrons. The number of esters is 1. The molecule has 0 saturated carbocycles. The van der Waals surface area contributed by atoms with Crippen molar-refractivity contribution in [3.63, 3.8) is 0 Å². The van der Waals surface area contributed by atoms with Crippen molar-refractivity contribution >= 4 is 33.5 Å². The Kier molecular flexibility index (Phi) is 6.35. The minimum atomic E-state index is -0.607. The number of hydrogen-bond donors (Lipinski definition) is 2. The smallest absolute Gasteiger partial charge is 0.340 e. The van der Waals surface area contributed by atoms with E-state index in [2.05, 4.69) is 16.4 Å². The largest absolute Gasteiger partial charge is 0.456 e. The second-order valence-corrected chi connectivity index (χ2v) is 10.9. The van der Waals surface area contributed by atoms with Gasteiger partial charge in [-0.15, -0.1) is 0 Å². The maximum atomic E-state index is 13.3. The standard InChI is InChI=1S/C32H32N2O4/c1-18-13-24(20(3)34-26-10-8-7-9-23(26)31(36)38-32(4,5)6)30-25(14-18)28(35)17-29(37-30)22-12-11-21-15-19(2)33-27(21)16-22/h7-17,20,33-34H,1-6H3. The molecular weight excluding hydrogens is 476 g/mol. The third-order valence-electron chi connectivity index (χ3n) is 6.43. The first-order valence-corrected chi connectivity index (χ1v) is 12.8. The van der Waals surface area contributed by atoms with Gasteiger partial charge in [0.15, 0.2) is 5.43 Å². The number of benzene rings is 3. The maximum absolute atomic E-state index is 13.3. The number of ether oxygens (including phenoxy) is 1. The Labute approximate surface area is 221 Å². The second kappa shape index (κ2) is 9.53. The minimum Gasteiger partial charge on any atom is -0.456 e. The van der Waals surface area contributed by atoms with E-state index >= 15 is 0 Å². The Morgan fingerprint density at radius 3 is 2.53 bits per heavy atom. The fraction of sp³-hybridized carbons (Fsp3) is 0.250. The van der Waals surface area contributed by atoms with E-state index in [4.69, 9.17) is 9.15 Å². The molecule has 0 aliphatic rings. The van der Waals surface area contributed by atoms with E-state index in [0.29, 0.717) is 28.0 Å². The van der Waals surface area contributed by atoms with E-state index in [1.807, 2.05) is 90.1 Å². The van der Waals surface area contributed by atoms with Crippen molar-refractivity contribution in [2.24, 2.45) is 0 Å². The number of carbonyl (C=O) groups excluding carboxylic acids is 1. The van der Waals surface area contributed by atoms with Gasteiger partial charge in [-0.1, -0.05) is 30.3 Å². The zero-order chi connectivity index (χ0) is 27.2. The number of aryl methyl sites for hydroxylation is 2. The summed E-state index contributed by atoms with van der Waals surface area (Å²) >= 11 is 0. The van der Waals surface area contributed by atoms with Gasteiger partial charge in [-0.05, 0) is 82.8 Å². The van der Waals surface area contributed by atoms with E-state index in [0.717, 1.165) is 33.3 Å². The third-order valence-corrected chi connectivity index (χ3v) is 6.43. The van der Waals surface area contributed by atoms with Gasteiger partial charge in [0.25, 0.3) is 0 Å². The number of rotatable bonds is 5. The molecule has 3 aromatic carbocycles. The molecule has 0 aliphatic carbocycles. The fourth-order valence-electron chi connectivity index (χ4n) is 4.75. The van der Waals surface area contributed by atoms with Gasteiger partial charge < -0.3 is 19.5 Å². The Morgan fingerprint density at radius 2 is 1.76 bits per heavy atom. The molecule has 0 saturated heterocycles. The molecule has 2 aromatic heterocycles. The summed E-state index contributed by atoms with van der Waals surface area (Å²) < 4.78 is 12.0. The molecule has 0 amide bonds. The highest BCUT2D eigenvalue weighted by atomic mass is 16.6. The molecule has 0 bridgehead atoms. The number of H-pyrrole nitrogens is 1. The maximum Gasteiger partial charge on any atom is 0.340 e. The molecular formula is C32H32N2O4. The summed E-state index contributed by atoms with van der Waals surface area (Å²) in [6.07, 6.45) is 0. The lowest BCUT2D eigenvalue weighted by atomic mass is 10.00. The van der Waals surface area contributed by atoms with Crippen LogP contribution in [0.4, 0.5) is 5.69 Å². The number of nitrogens with one attached hydrogen (secondary N) is 2. The second-order valence-electron chi connectivity index (χ2n) is 10.9. The molecule has 0 spiro atoms. The van der Waals surface area contributed by atoms with Gasteiger partial charge in [0.05, 0.1) is 17.0 Å². The normalized spacial score (nSPS) is 12.6. The number of para-hydroxylation sites is 1. The molecule has 38 heavy (non-hydrogen) atoms. The van der Waals surface area contributed by atoms with Crippen LogP contribution in [-0.4, -0.2) is 16.6 Å². The summed E-state index contributed by atoms with van der Waals surface area (Å²) in [6.45, 7) is 11.5. The number of aromatic amines is 1. The van der Waals surface area contributed by atoms with Crippen molar-refractivity contribution in [2.75, 3.05) is 5.32 Å². The van der Waals surface area contributed by atoms with Gasteiger partial charge in [-0.3, -0.25) is 4.79 Å². The zero-order valence-electron chi connectivity index (χ0n) is 22.6. The Hall–Kier alpha value is -4.32. The molecule has 2 heterocycles. The molecule has 5 aromatic rings. The van der Waals surface area contributed by atoms with E-state index in [-0.39, 0.29) is 11.5 Å². The number of hydrogen-bond acceptors (Lipinski definition) is 5. The van der Waals surface area contributed by atoms with Crippen molar-refractivity contribution in [2.45, 2.75) is 53.2 Å². The van der Waals surface area contributed by atoms with Crippen LogP contribution >= 0.6 is 0 Å². The number of fused-ring (bicyclic) bond motifs is 2. The predicted molar refractivity (Wildman–Crippen MR) is 153 cm³/mol. The lowest BCUT2D eigenvalue weighted by Crippen LogP contribution is -2.24. The van der Waals surface area contributed by atoms with Crippen LogP contribution in [0.25, 0.3) is 33.2 Å². The zero-order valence-corrected chi connectivity index (χ0v) is 22.6. The van der Waals surface area contributed by atoms with Crippen molar-refractivity contribution in [3.8, 4) is 11.3 Å². The van der Waals surface area contributed by atoms with Gasteiger partial charge in [-0.2, -0.15) is 0 Å². The van der Waals surface area contributed by atoms with Crippen LogP contribution in [0, 0.1) is 13.8 Å². The van der Waals surface area contributed by atoms with Crippen molar-refractivity contribution in [1.29, 1.82) is 0 Å². The van der Waals surface area contributed by atoms with E-state index in [1.54, 1.807) is 12.1 Å². The van der Waals surface area contributed by atoms with Crippen LogP contribution in [0.3, 0.4) is 0 Å². The fourth-order valence-corrected chi connectivity index (χ4v) is 4.75. The highest BCUT2D eigenvalue weighted by Crippen LogP contribution is 2.32.